The van der Waals surface area contributed by atoms with E-state index in [0.29, 0.717) is 0 Å². The predicted molar refractivity (Wildman–Crippen MR) is 56.4 cm³/mol. The van der Waals surface area contributed by atoms with Crippen molar-refractivity contribution in [2.75, 3.05) is 0 Å². The van der Waals surface area contributed by atoms with E-state index in [0.717, 1.165) is 0 Å². The van der Waals surface area contributed by atoms with Crippen LogP contribution in [0.4, 0.5) is 57.1 Å². The van der Waals surface area contributed by atoms with Crippen molar-refractivity contribution in [3.8, 4) is 0 Å². The van der Waals surface area contributed by atoms with Crippen LogP contribution in [0.5, 0.6) is 0 Å². The van der Waals surface area contributed by atoms with Crippen molar-refractivity contribution in [3.63, 3.8) is 0 Å². The molecule has 0 spiro atoms. The van der Waals surface area contributed by atoms with Gasteiger partial charge in [0, 0.05) is 6.42 Å². The van der Waals surface area contributed by atoms with Gasteiger partial charge in [-0.3, -0.25) is 0 Å². The molecule has 0 aromatic heterocycles. The Morgan fingerprint density at radius 1 is 0.542 bits per heavy atom. The van der Waals surface area contributed by atoms with Crippen LogP contribution in [-0.4, -0.2) is 35.8 Å². The molecule has 0 saturated carbocycles. The minimum atomic E-state index is -7.83. The minimum Gasteiger partial charge on any atom is -0.200 e. The Morgan fingerprint density at radius 3 is 1.08 bits per heavy atom. The normalized spacial score (nSPS) is 15.0. The molecule has 0 N–H and O–H groups in total. The topological polar surface area (TPSA) is 0 Å². The van der Waals surface area contributed by atoms with Gasteiger partial charge in [0.2, 0.25) is 0 Å². The Hall–Kier alpha value is -0.910. The van der Waals surface area contributed by atoms with Crippen LogP contribution in [0.1, 0.15) is 19.8 Å². The van der Waals surface area contributed by atoms with Gasteiger partial charge in [-0.15, -0.1) is 0 Å². The summed E-state index contributed by atoms with van der Waals surface area (Å²) in [5.74, 6) is -36.4. The zero-order valence-corrected chi connectivity index (χ0v) is 11.7. The summed E-state index contributed by atoms with van der Waals surface area (Å²) in [5, 5.41) is 0. The molecular formula is C11H11F13. The second-order valence-corrected chi connectivity index (χ2v) is 4.10. The SMILES string of the molecule is [CH2]C.[CH2]CCC(F)(F)C(F)(F)C(F)(F)C(F)(F)C(F)(F)C(F)(F)F. The molecule has 0 nitrogen and oxygen atoms in total. The lowest BCUT2D eigenvalue weighted by atomic mass is 9.92. The largest absolute Gasteiger partial charge is 0.460 e. The van der Waals surface area contributed by atoms with E-state index in [1.165, 1.54) is 0 Å². The maximum absolute atomic E-state index is 12.9. The van der Waals surface area contributed by atoms with Crippen LogP contribution in [-0.2, 0) is 0 Å². The summed E-state index contributed by atoms with van der Waals surface area (Å²) in [7, 11) is 0. The van der Waals surface area contributed by atoms with Gasteiger partial charge in [-0.2, -0.15) is 57.1 Å². The van der Waals surface area contributed by atoms with Gasteiger partial charge in [-0.1, -0.05) is 20.8 Å². The standard InChI is InChI=1S/C9H6F13.C2H5/c1-2-3-4(10,11)5(12,13)6(14,15)7(16,17)8(18,19)9(20,21)22;1-2/h1-3H2;1H2,2H3. The van der Waals surface area contributed by atoms with Crippen LogP contribution in [0.2, 0.25) is 0 Å². The first-order valence-corrected chi connectivity index (χ1v) is 5.77. The Morgan fingerprint density at radius 2 is 0.833 bits per heavy atom. The smallest absolute Gasteiger partial charge is 0.200 e. The van der Waals surface area contributed by atoms with Gasteiger partial charge in [0.05, 0.1) is 0 Å². The highest BCUT2D eigenvalue weighted by Gasteiger charge is 2.90. The van der Waals surface area contributed by atoms with Crippen LogP contribution in [0.15, 0.2) is 0 Å². The van der Waals surface area contributed by atoms with Gasteiger partial charge in [-0.25, -0.2) is 0 Å². The highest BCUT2D eigenvalue weighted by atomic mass is 19.4. The fourth-order valence-corrected chi connectivity index (χ4v) is 1.18. The molecule has 0 bridgehead atoms. The summed E-state index contributed by atoms with van der Waals surface area (Å²) in [6.07, 6.45) is -10.8. The average molecular weight is 390 g/mol. The molecule has 146 valence electrons. The van der Waals surface area contributed by atoms with E-state index in [9.17, 15) is 57.1 Å². The number of alkyl halides is 13. The zero-order chi connectivity index (χ0) is 20.4. The van der Waals surface area contributed by atoms with Crippen LogP contribution in [0.3, 0.4) is 0 Å². The van der Waals surface area contributed by atoms with Crippen molar-refractivity contribution < 1.29 is 57.1 Å². The van der Waals surface area contributed by atoms with Gasteiger partial charge in [-0.05, 0) is 6.42 Å². The maximum Gasteiger partial charge on any atom is 0.460 e. The minimum absolute atomic E-state index is 1.21. The van der Waals surface area contributed by atoms with E-state index in [-0.39, 0.29) is 0 Å². The van der Waals surface area contributed by atoms with E-state index in [4.69, 9.17) is 0 Å². The molecule has 0 aliphatic rings. The Balaban J connectivity index is 0. The fourth-order valence-electron chi connectivity index (χ4n) is 1.18. The average Bonchev–Trinajstić information content (AvgIpc) is 2.38. The molecule has 0 aromatic carbocycles. The first-order chi connectivity index (χ1) is 10.3. The Kier molecular flexibility index (Phi) is 7.54. The fraction of sp³-hybridized carbons (Fsp3) is 0.818. The molecule has 0 rings (SSSR count). The maximum atomic E-state index is 12.9. The van der Waals surface area contributed by atoms with E-state index in [1.54, 1.807) is 6.92 Å². The summed E-state index contributed by atoms with van der Waals surface area (Å²) >= 11 is 0. The van der Waals surface area contributed by atoms with E-state index in [1.807, 2.05) is 0 Å². The number of hydrogen-bond acceptors (Lipinski definition) is 0. The van der Waals surface area contributed by atoms with Gasteiger partial charge in [0.1, 0.15) is 0 Å². The molecular weight excluding hydrogens is 379 g/mol. The Bertz CT molecular complexity index is 393. The van der Waals surface area contributed by atoms with E-state index < -0.39 is 48.6 Å². The zero-order valence-electron chi connectivity index (χ0n) is 11.7. The third-order valence-corrected chi connectivity index (χ3v) is 2.49. The molecule has 13 heteroatoms. The van der Waals surface area contributed by atoms with Crippen molar-refractivity contribution >= 4 is 0 Å². The molecule has 0 fully saturated rings. The summed E-state index contributed by atoms with van der Waals surface area (Å²) in [6.45, 7) is 7.54. The first kappa shape index (κ1) is 25.3. The van der Waals surface area contributed by atoms with Gasteiger partial charge >= 0.3 is 35.8 Å². The van der Waals surface area contributed by atoms with Gasteiger partial charge in [0.15, 0.2) is 0 Å². The second kappa shape index (κ2) is 7.14. The molecule has 0 amide bonds. The van der Waals surface area contributed by atoms with Crippen LogP contribution >= 0.6 is 0 Å². The number of hydrogen-bond donors (Lipinski definition) is 0. The molecule has 0 saturated heterocycles. The molecule has 24 heavy (non-hydrogen) atoms. The van der Waals surface area contributed by atoms with Crippen molar-refractivity contribution in [1.82, 2.24) is 0 Å². The molecule has 0 aliphatic carbocycles. The van der Waals surface area contributed by atoms with Crippen molar-refractivity contribution in [2.45, 2.75) is 55.6 Å². The molecule has 0 atom stereocenters. The monoisotopic (exact) mass is 390 g/mol. The summed E-state index contributed by atoms with van der Waals surface area (Å²) in [5.41, 5.74) is 0. The first-order valence-electron chi connectivity index (χ1n) is 5.77. The summed E-state index contributed by atoms with van der Waals surface area (Å²) in [6, 6.07) is 0. The number of halogens is 13. The molecule has 0 heterocycles. The summed E-state index contributed by atoms with van der Waals surface area (Å²) in [4.78, 5) is 0. The van der Waals surface area contributed by atoms with Gasteiger partial charge < -0.3 is 0 Å². The quantitative estimate of drug-likeness (QED) is 0.475. The predicted octanol–water partition coefficient (Wildman–Crippen LogP) is 6.18. The molecule has 2 radical (unpaired) electrons. The second-order valence-electron chi connectivity index (χ2n) is 4.10. The number of rotatable bonds is 6. The van der Waals surface area contributed by atoms with E-state index in [2.05, 4.69) is 13.8 Å². The summed E-state index contributed by atoms with van der Waals surface area (Å²) < 4.78 is 162. The van der Waals surface area contributed by atoms with Gasteiger partial charge in [0.25, 0.3) is 0 Å². The van der Waals surface area contributed by atoms with Crippen LogP contribution in [0.25, 0.3) is 0 Å². The van der Waals surface area contributed by atoms with Crippen LogP contribution in [0, 0.1) is 13.8 Å². The lowest BCUT2D eigenvalue weighted by Gasteiger charge is -2.39. The highest BCUT2D eigenvalue weighted by Crippen LogP contribution is 2.60. The lowest BCUT2D eigenvalue weighted by molar-refractivity contribution is -0.440. The lowest BCUT2D eigenvalue weighted by Crippen LogP contribution is -2.70. The van der Waals surface area contributed by atoms with Crippen molar-refractivity contribution in [1.29, 1.82) is 0 Å². The van der Waals surface area contributed by atoms with E-state index >= 15 is 0 Å². The van der Waals surface area contributed by atoms with Crippen molar-refractivity contribution in [3.05, 3.63) is 13.8 Å². The Labute approximate surface area is 128 Å². The molecule has 0 aliphatic heterocycles. The third-order valence-electron chi connectivity index (χ3n) is 2.49. The highest BCUT2D eigenvalue weighted by molar-refractivity contribution is 5.10. The third kappa shape index (κ3) is 3.68. The molecule has 0 aromatic rings. The molecule has 0 unspecified atom stereocenters. The van der Waals surface area contributed by atoms with Crippen molar-refractivity contribution in [2.24, 2.45) is 0 Å². The van der Waals surface area contributed by atoms with Crippen LogP contribution < -0.4 is 0 Å².